The lowest BCUT2D eigenvalue weighted by molar-refractivity contribution is 0.663. The maximum atomic E-state index is 8.13. The lowest BCUT2D eigenvalue weighted by atomic mass is 9.88. The van der Waals surface area contributed by atoms with Crippen molar-refractivity contribution in [2.45, 2.75) is 32.5 Å². The molecule has 0 fully saturated rings. The summed E-state index contributed by atoms with van der Waals surface area (Å²) in [6.07, 6.45) is 6.30. The molecule has 5 aromatic rings. The van der Waals surface area contributed by atoms with Gasteiger partial charge in [0.2, 0.25) is 0 Å². The Balaban J connectivity index is 1.54. The SMILES string of the molecule is [2H]C([2H])([2H])c1cc(-c2ccc3oc4ccc5c(c4c3c2)CCCC5)ncc1-c1ccccc1. The van der Waals surface area contributed by atoms with Crippen LogP contribution < -0.4 is 0 Å². The molecule has 3 aromatic carbocycles. The number of fused-ring (bicyclic) bond motifs is 5. The van der Waals surface area contributed by atoms with Gasteiger partial charge in [-0.3, -0.25) is 4.98 Å². The van der Waals surface area contributed by atoms with Gasteiger partial charge in [0.25, 0.3) is 0 Å². The van der Waals surface area contributed by atoms with Crippen molar-refractivity contribution in [3.63, 3.8) is 0 Å². The molecule has 0 amide bonds. The monoisotopic (exact) mass is 392 g/mol. The first kappa shape index (κ1) is 14.6. The van der Waals surface area contributed by atoms with E-state index in [9.17, 15) is 0 Å². The molecule has 2 heterocycles. The van der Waals surface area contributed by atoms with Crippen molar-refractivity contribution >= 4 is 21.9 Å². The molecular formula is C28H23NO. The van der Waals surface area contributed by atoms with Crippen molar-refractivity contribution in [2.75, 3.05) is 0 Å². The molecule has 1 aliphatic rings. The molecule has 146 valence electrons. The minimum atomic E-state index is -2.24. The Labute approximate surface area is 180 Å². The Hall–Kier alpha value is -3.39. The van der Waals surface area contributed by atoms with Gasteiger partial charge in [-0.05, 0) is 85.1 Å². The standard InChI is InChI=1S/C28H23NO/c1-18-15-25(29-17-24(18)19-7-3-2-4-8-19)21-12-13-26-23(16-21)28-22-10-6-5-9-20(22)11-14-27(28)30-26/h2-4,7-8,11-17H,5-6,9-10H2,1H3/i1D3. The van der Waals surface area contributed by atoms with E-state index in [-0.39, 0.29) is 0 Å². The molecule has 2 aromatic heterocycles. The van der Waals surface area contributed by atoms with Crippen LogP contribution in [0.3, 0.4) is 0 Å². The lowest BCUT2D eigenvalue weighted by Gasteiger charge is -2.16. The van der Waals surface area contributed by atoms with Gasteiger partial charge in [-0.15, -0.1) is 0 Å². The Morgan fingerprint density at radius 2 is 1.73 bits per heavy atom. The fourth-order valence-corrected chi connectivity index (χ4v) is 4.74. The Kier molecular flexibility index (Phi) is 3.32. The highest BCUT2D eigenvalue weighted by Crippen LogP contribution is 2.38. The molecule has 0 bridgehead atoms. The molecular weight excluding hydrogens is 366 g/mol. The van der Waals surface area contributed by atoms with Crippen LogP contribution in [0, 0.1) is 6.85 Å². The molecule has 0 saturated heterocycles. The van der Waals surface area contributed by atoms with E-state index in [4.69, 9.17) is 8.53 Å². The highest BCUT2D eigenvalue weighted by atomic mass is 16.3. The molecule has 0 aliphatic heterocycles. The quantitative estimate of drug-likeness (QED) is 0.311. The highest BCUT2D eigenvalue weighted by Gasteiger charge is 2.18. The predicted octanol–water partition coefficient (Wildman–Crippen LogP) is 7.50. The van der Waals surface area contributed by atoms with Gasteiger partial charge in [0.05, 0.1) is 5.69 Å². The van der Waals surface area contributed by atoms with Gasteiger partial charge in [0.1, 0.15) is 11.2 Å². The fraction of sp³-hybridized carbons (Fsp3) is 0.179. The summed E-state index contributed by atoms with van der Waals surface area (Å²) in [5.41, 5.74) is 7.93. The largest absolute Gasteiger partial charge is 0.456 e. The fourth-order valence-electron chi connectivity index (χ4n) is 4.74. The van der Waals surface area contributed by atoms with Crippen molar-refractivity contribution in [2.24, 2.45) is 0 Å². The molecule has 0 N–H and O–H groups in total. The zero-order valence-electron chi connectivity index (χ0n) is 19.6. The van der Waals surface area contributed by atoms with Gasteiger partial charge in [-0.25, -0.2) is 0 Å². The second-order valence-electron chi connectivity index (χ2n) is 8.08. The van der Waals surface area contributed by atoms with Crippen molar-refractivity contribution in [1.29, 1.82) is 0 Å². The lowest BCUT2D eigenvalue weighted by Crippen LogP contribution is -2.02. The van der Waals surface area contributed by atoms with Gasteiger partial charge >= 0.3 is 0 Å². The Morgan fingerprint density at radius 1 is 0.867 bits per heavy atom. The highest BCUT2D eigenvalue weighted by molar-refractivity contribution is 6.08. The zero-order chi connectivity index (χ0) is 22.6. The van der Waals surface area contributed by atoms with Crippen LogP contribution in [0.1, 0.15) is 33.6 Å². The number of pyridine rings is 1. The molecule has 30 heavy (non-hydrogen) atoms. The number of hydrogen-bond acceptors (Lipinski definition) is 2. The average Bonchev–Trinajstić information content (AvgIpc) is 3.22. The van der Waals surface area contributed by atoms with Crippen molar-refractivity contribution in [1.82, 2.24) is 4.98 Å². The van der Waals surface area contributed by atoms with E-state index in [2.05, 4.69) is 23.2 Å². The van der Waals surface area contributed by atoms with E-state index in [0.717, 1.165) is 40.5 Å². The third kappa shape index (κ3) is 2.75. The number of aryl methyl sites for hydroxylation is 3. The van der Waals surface area contributed by atoms with Gasteiger partial charge in [0.15, 0.2) is 0 Å². The van der Waals surface area contributed by atoms with Crippen LogP contribution in [-0.4, -0.2) is 4.98 Å². The third-order valence-corrected chi connectivity index (χ3v) is 6.25. The maximum Gasteiger partial charge on any atom is 0.135 e. The summed E-state index contributed by atoms with van der Waals surface area (Å²) in [7, 11) is 0. The van der Waals surface area contributed by atoms with Crippen LogP contribution in [0.15, 0.2) is 77.3 Å². The minimum Gasteiger partial charge on any atom is -0.456 e. The number of rotatable bonds is 2. The van der Waals surface area contributed by atoms with E-state index in [1.54, 1.807) is 12.3 Å². The molecule has 0 radical (unpaired) electrons. The first-order valence-corrected chi connectivity index (χ1v) is 10.5. The summed E-state index contributed by atoms with van der Waals surface area (Å²) in [6.45, 7) is -2.24. The average molecular weight is 393 g/mol. The van der Waals surface area contributed by atoms with Crippen LogP contribution in [0.4, 0.5) is 0 Å². The van der Waals surface area contributed by atoms with E-state index in [0.29, 0.717) is 16.8 Å². The van der Waals surface area contributed by atoms with Crippen LogP contribution in [0.2, 0.25) is 0 Å². The van der Waals surface area contributed by atoms with Crippen molar-refractivity contribution < 1.29 is 8.53 Å². The molecule has 0 spiro atoms. The molecule has 2 heteroatoms. The smallest absolute Gasteiger partial charge is 0.135 e. The van der Waals surface area contributed by atoms with Gasteiger partial charge in [0, 0.05) is 32.2 Å². The number of aromatic nitrogens is 1. The summed E-state index contributed by atoms with van der Waals surface area (Å²) in [5, 5.41) is 2.27. The normalized spacial score (nSPS) is 15.5. The van der Waals surface area contributed by atoms with Gasteiger partial charge in [-0.2, -0.15) is 0 Å². The second-order valence-corrected chi connectivity index (χ2v) is 8.08. The summed E-state index contributed by atoms with van der Waals surface area (Å²) >= 11 is 0. The number of benzene rings is 3. The Bertz CT molecular complexity index is 1500. The van der Waals surface area contributed by atoms with Crippen molar-refractivity contribution in [3.05, 3.63) is 89.6 Å². The number of nitrogens with zero attached hydrogens (tertiary/aromatic N) is 1. The van der Waals surface area contributed by atoms with Crippen molar-refractivity contribution in [3.8, 4) is 22.4 Å². The molecule has 1 aliphatic carbocycles. The van der Waals surface area contributed by atoms with E-state index >= 15 is 0 Å². The van der Waals surface area contributed by atoms with E-state index < -0.39 is 6.85 Å². The molecule has 0 saturated carbocycles. The third-order valence-electron chi connectivity index (χ3n) is 6.25. The zero-order valence-corrected chi connectivity index (χ0v) is 16.6. The first-order valence-electron chi connectivity index (χ1n) is 12.0. The molecule has 2 nitrogen and oxygen atoms in total. The number of furan rings is 1. The van der Waals surface area contributed by atoms with Crippen LogP contribution in [-0.2, 0) is 12.8 Å². The summed E-state index contributed by atoms with van der Waals surface area (Å²) in [5.74, 6) is 0. The van der Waals surface area contributed by atoms with E-state index in [1.807, 2.05) is 42.5 Å². The molecule has 6 rings (SSSR count). The predicted molar refractivity (Wildman–Crippen MR) is 124 cm³/mol. The maximum absolute atomic E-state index is 8.13. The minimum absolute atomic E-state index is 0.313. The topological polar surface area (TPSA) is 26.0 Å². The molecule has 0 atom stereocenters. The summed E-state index contributed by atoms with van der Waals surface area (Å²) < 4.78 is 30.5. The summed E-state index contributed by atoms with van der Waals surface area (Å²) in [4.78, 5) is 4.68. The summed E-state index contributed by atoms with van der Waals surface area (Å²) in [6, 6.07) is 21.6. The second kappa shape index (κ2) is 6.84. The van der Waals surface area contributed by atoms with Crippen LogP contribution in [0.5, 0.6) is 0 Å². The van der Waals surface area contributed by atoms with Gasteiger partial charge in [-0.1, -0.05) is 36.4 Å². The van der Waals surface area contributed by atoms with Crippen LogP contribution in [0.25, 0.3) is 44.3 Å². The van der Waals surface area contributed by atoms with Crippen LogP contribution >= 0.6 is 0 Å². The van der Waals surface area contributed by atoms with Gasteiger partial charge < -0.3 is 4.42 Å². The van der Waals surface area contributed by atoms with E-state index in [1.165, 1.54) is 29.4 Å². The molecule has 0 unspecified atom stereocenters. The number of hydrogen-bond donors (Lipinski definition) is 0. The Morgan fingerprint density at radius 3 is 2.63 bits per heavy atom. The first-order chi connectivity index (χ1) is 16.0.